The van der Waals surface area contributed by atoms with Crippen molar-refractivity contribution in [2.75, 3.05) is 19.6 Å². The zero-order valence-corrected chi connectivity index (χ0v) is 19.1. The number of nitrogens with zero attached hydrogens (tertiary/aromatic N) is 2. The highest BCUT2D eigenvalue weighted by Crippen LogP contribution is 2.29. The molecule has 10 heteroatoms. The van der Waals surface area contributed by atoms with Crippen molar-refractivity contribution in [3.8, 4) is 0 Å². The maximum Gasteiger partial charge on any atom is 0.252 e. The molecule has 1 aromatic carbocycles. The molecule has 2 aromatic heterocycles. The molecule has 0 spiro atoms. The number of benzene rings is 1. The Morgan fingerprint density at radius 2 is 1.91 bits per heavy atom. The second-order valence-electron chi connectivity index (χ2n) is 9.26. The molecule has 35 heavy (non-hydrogen) atoms. The highest BCUT2D eigenvalue weighted by Gasteiger charge is 2.36. The quantitative estimate of drug-likeness (QED) is 0.559. The van der Waals surface area contributed by atoms with Gasteiger partial charge in [-0.3, -0.25) is 19.5 Å². The van der Waals surface area contributed by atoms with Crippen LogP contribution in [0.2, 0.25) is 0 Å². The van der Waals surface area contributed by atoms with Crippen LogP contribution in [0.5, 0.6) is 0 Å². The average Bonchev–Trinajstić information content (AvgIpc) is 3.15. The van der Waals surface area contributed by atoms with Crippen LogP contribution < -0.4 is 10.9 Å². The highest BCUT2D eigenvalue weighted by atomic mass is 19.1. The van der Waals surface area contributed by atoms with E-state index < -0.39 is 40.9 Å². The van der Waals surface area contributed by atoms with Gasteiger partial charge in [-0.2, -0.15) is 0 Å². The van der Waals surface area contributed by atoms with E-state index in [0.29, 0.717) is 30.1 Å². The SMILES string of the molecule is C[C@H](NC(=O)[C@H](CN1CC2CCC(C1)O2)c1cc2cc(F)ccc2[nH]c1=O)c1ncc(F)cc1F. The van der Waals surface area contributed by atoms with Gasteiger partial charge >= 0.3 is 0 Å². The van der Waals surface area contributed by atoms with Crippen LogP contribution in [0.4, 0.5) is 13.2 Å². The van der Waals surface area contributed by atoms with E-state index in [2.05, 4.69) is 20.2 Å². The van der Waals surface area contributed by atoms with Gasteiger partial charge in [-0.25, -0.2) is 13.2 Å². The fourth-order valence-corrected chi connectivity index (χ4v) is 5.01. The molecule has 0 radical (unpaired) electrons. The summed E-state index contributed by atoms with van der Waals surface area (Å²) >= 11 is 0. The third-order valence-corrected chi connectivity index (χ3v) is 6.69. The van der Waals surface area contributed by atoms with Crippen LogP contribution in [0.1, 0.15) is 43.0 Å². The summed E-state index contributed by atoms with van der Waals surface area (Å²) in [6.45, 7) is 3.03. The number of pyridine rings is 2. The number of fused-ring (bicyclic) bond motifs is 3. The Hall–Kier alpha value is -3.24. The zero-order valence-electron chi connectivity index (χ0n) is 19.1. The summed E-state index contributed by atoms with van der Waals surface area (Å²) in [5.41, 5.74) is 0.0606. The topological polar surface area (TPSA) is 87.3 Å². The molecular formula is C25H25F3N4O3. The monoisotopic (exact) mass is 486 g/mol. The van der Waals surface area contributed by atoms with Crippen molar-refractivity contribution >= 4 is 16.8 Å². The number of hydrogen-bond donors (Lipinski definition) is 2. The first kappa shape index (κ1) is 23.5. The number of ether oxygens (including phenoxy) is 1. The first-order valence-corrected chi connectivity index (χ1v) is 11.6. The Morgan fingerprint density at radius 1 is 1.17 bits per heavy atom. The average molecular weight is 486 g/mol. The number of likely N-dealkylation sites (tertiary alicyclic amines) is 1. The Morgan fingerprint density at radius 3 is 2.63 bits per heavy atom. The van der Waals surface area contributed by atoms with Gasteiger partial charge in [0, 0.05) is 42.2 Å². The smallest absolute Gasteiger partial charge is 0.252 e. The van der Waals surface area contributed by atoms with Gasteiger partial charge < -0.3 is 15.0 Å². The van der Waals surface area contributed by atoms with E-state index in [0.717, 1.165) is 19.0 Å². The Labute approximate surface area is 199 Å². The maximum atomic E-state index is 14.3. The molecule has 2 fully saturated rings. The number of rotatable bonds is 6. The molecule has 2 aliphatic heterocycles. The summed E-state index contributed by atoms with van der Waals surface area (Å²) in [6.07, 6.45) is 2.93. The van der Waals surface area contributed by atoms with Crippen molar-refractivity contribution in [3.63, 3.8) is 0 Å². The number of aromatic amines is 1. The van der Waals surface area contributed by atoms with Crippen LogP contribution in [0.3, 0.4) is 0 Å². The first-order chi connectivity index (χ1) is 16.8. The van der Waals surface area contributed by atoms with Crippen LogP contribution in [-0.2, 0) is 9.53 Å². The Balaban J connectivity index is 1.47. The number of halogens is 3. The van der Waals surface area contributed by atoms with Crippen LogP contribution in [-0.4, -0.2) is 52.6 Å². The van der Waals surface area contributed by atoms with Crippen LogP contribution in [0.25, 0.3) is 10.9 Å². The van der Waals surface area contributed by atoms with Crippen molar-refractivity contribution < 1.29 is 22.7 Å². The number of H-pyrrole nitrogens is 1. The molecule has 4 atom stereocenters. The van der Waals surface area contributed by atoms with Crippen molar-refractivity contribution in [1.29, 1.82) is 0 Å². The summed E-state index contributed by atoms with van der Waals surface area (Å²) < 4.78 is 47.3. The third-order valence-electron chi connectivity index (χ3n) is 6.69. The fraction of sp³-hybridized carbons (Fsp3) is 0.400. The number of nitrogens with one attached hydrogen (secondary N) is 2. The number of amides is 1. The fourth-order valence-electron chi connectivity index (χ4n) is 5.01. The molecule has 184 valence electrons. The van der Waals surface area contributed by atoms with Gasteiger partial charge in [0.2, 0.25) is 5.91 Å². The van der Waals surface area contributed by atoms with E-state index >= 15 is 0 Å². The molecule has 0 saturated carbocycles. The predicted molar refractivity (Wildman–Crippen MR) is 122 cm³/mol. The summed E-state index contributed by atoms with van der Waals surface area (Å²) in [4.78, 5) is 35.1. The van der Waals surface area contributed by atoms with Gasteiger partial charge in [0.15, 0.2) is 0 Å². The van der Waals surface area contributed by atoms with E-state index in [4.69, 9.17) is 4.74 Å². The minimum Gasteiger partial charge on any atom is -0.372 e. The lowest BCUT2D eigenvalue weighted by Gasteiger charge is -2.34. The Kier molecular flexibility index (Phi) is 6.33. The second-order valence-corrected chi connectivity index (χ2v) is 9.26. The van der Waals surface area contributed by atoms with Gasteiger partial charge in [0.1, 0.15) is 17.5 Å². The molecule has 2 unspecified atom stereocenters. The van der Waals surface area contributed by atoms with Crippen molar-refractivity contribution in [1.82, 2.24) is 20.2 Å². The molecule has 0 aliphatic carbocycles. The molecule has 5 rings (SSSR count). The standard InChI is InChI=1S/C25H25F3N4O3/c1-13(23-21(28)8-16(27)9-29-23)30-25(34)20(12-32-10-17-3-4-18(11-32)35-17)19-7-14-6-15(26)2-5-22(14)31-24(19)33/h2,5-9,13,17-18,20H,3-4,10-12H2,1H3,(H,30,34)(H,31,33)/t13-,17?,18?,20+/m0/s1. The molecule has 2 bridgehead atoms. The maximum absolute atomic E-state index is 14.3. The van der Waals surface area contributed by atoms with Crippen LogP contribution in [0, 0.1) is 17.5 Å². The number of hydrogen-bond acceptors (Lipinski definition) is 5. The van der Waals surface area contributed by atoms with Gasteiger partial charge in [-0.1, -0.05) is 0 Å². The van der Waals surface area contributed by atoms with Crippen LogP contribution in [0.15, 0.2) is 41.3 Å². The van der Waals surface area contributed by atoms with E-state index in [9.17, 15) is 22.8 Å². The molecule has 3 aromatic rings. The molecule has 1 amide bonds. The van der Waals surface area contributed by atoms with Crippen LogP contribution >= 0.6 is 0 Å². The molecule has 2 aliphatic rings. The first-order valence-electron chi connectivity index (χ1n) is 11.6. The lowest BCUT2D eigenvalue weighted by Crippen LogP contribution is -2.47. The number of carbonyl (C=O) groups is 1. The molecule has 2 saturated heterocycles. The number of morpholine rings is 1. The van der Waals surface area contributed by atoms with E-state index in [-0.39, 0.29) is 30.0 Å². The van der Waals surface area contributed by atoms with Gasteiger partial charge in [0.25, 0.3) is 5.56 Å². The molecule has 7 nitrogen and oxygen atoms in total. The third kappa shape index (κ3) is 4.94. The predicted octanol–water partition coefficient (Wildman–Crippen LogP) is 3.16. The number of aromatic nitrogens is 2. The van der Waals surface area contributed by atoms with Gasteiger partial charge in [0.05, 0.1) is 36.1 Å². The number of carbonyl (C=O) groups excluding carboxylic acids is 1. The molecule has 4 heterocycles. The van der Waals surface area contributed by atoms with Gasteiger partial charge in [-0.15, -0.1) is 0 Å². The summed E-state index contributed by atoms with van der Waals surface area (Å²) in [6, 6.07) is 5.36. The second kappa shape index (κ2) is 9.43. The van der Waals surface area contributed by atoms with E-state index in [1.165, 1.54) is 31.2 Å². The van der Waals surface area contributed by atoms with Crippen molar-refractivity contribution in [2.24, 2.45) is 0 Å². The van der Waals surface area contributed by atoms with E-state index in [1.54, 1.807) is 0 Å². The summed E-state index contributed by atoms with van der Waals surface area (Å²) in [5, 5.41) is 3.18. The zero-order chi connectivity index (χ0) is 24.7. The summed E-state index contributed by atoms with van der Waals surface area (Å²) in [7, 11) is 0. The normalized spacial score (nSPS) is 21.7. The van der Waals surface area contributed by atoms with E-state index in [1.807, 2.05) is 0 Å². The molecular weight excluding hydrogens is 461 g/mol. The lowest BCUT2D eigenvalue weighted by molar-refractivity contribution is -0.124. The largest absolute Gasteiger partial charge is 0.372 e. The highest BCUT2D eigenvalue weighted by molar-refractivity contribution is 5.86. The summed E-state index contributed by atoms with van der Waals surface area (Å²) in [5.74, 6) is -3.59. The van der Waals surface area contributed by atoms with Crippen molar-refractivity contribution in [2.45, 2.75) is 43.9 Å². The minimum atomic E-state index is -0.921. The van der Waals surface area contributed by atoms with Gasteiger partial charge in [-0.05, 0) is 44.0 Å². The van der Waals surface area contributed by atoms with Crippen molar-refractivity contribution in [3.05, 3.63) is 75.6 Å². The molecule has 2 N–H and O–H groups in total. The lowest BCUT2D eigenvalue weighted by atomic mass is 9.96. The minimum absolute atomic E-state index is 0.0814. The Bertz CT molecular complexity index is 1320.